The zero-order chi connectivity index (χ0) is 12.7. The number of hydrogen-bond acceptors (Lipinski definition) is 2. The molecule has 0 heterocycles. The second-order valence-electron chi connectivity index (χ2n) is 3.94. The van der Waals surface area contributed by atoms with Gasteiger partial charge in [0.2, 0.25) is 0 Å². The van der Waals surface area contributed by atoms with Crippen molar-refractivity contribution >= 4 is 23.8 Å². The highest BCUT2D eigenvalue weighted by atomic mass is 32.2. The first-order valence-corrected chi connectivity index (χ1v) is 6.78. The van der Waals surface area contributed by atoms with Crippen molar-refractivity contribution < 1.29 is 9.90 Å². The zero-order valence-electron chi connectivity index (χ0n) is 10.2. The number of benzene rings is 1. The summed E-state index contributed by atoms with van der Waals surface area (Å²) < 4.78 is 0. The van der Waals surface area contributed by atoms with Crippen molar-refractivity contribution in [2.45, 2.75) is 31.3 Å². The van der Waals surface area contributed by atoms with Gasteiger partial charge in [-0.1, -0.05) is 38.1 Å². The molecule has 0 aliphatic carbocycles. The molecule has 0 aliphatic heterocycles. The number of aliphatic carboxylic acids is 1. The first kappa shape index (κ1) is 13.8. The van der Waals surface area contributed by atoms with Gasteiger partial charge in [0.1, 0.15) is 0 Å². The average Bonchev–Trinajstić information content (AvgIpc) is 2.34. The summed E-state index contributed by atoms with van der Waals surface area (Å²) in [5.74, 6) is 0.0965. The highest BCUT2D eigenvalue weighted by Gasteiger charge is 2.00. The van der Waals surface area contributed by atoms with Gasteiger partial charge in [-0.05, 0) is 23.6 Å². The SMILES string of the molecule is CCC(C)SCc1ccc(/C=C/C(=O)O)cc1. The molecule has 0 fully saturated rings. The van der Waals surface area contributed by atoms with Gasteiger partial charge < -0.3 is 5.11 Å². The predicted octanol–water partition coefficient (Wildman–Crippen LogP) is 3.82. The van der Waals surface area contributed by atoms with E-state index in [9.17, 15) is 4.79 Å². The number of carboxylic acid groups (broad SMARTS) is 1. The first-order valence-electron chi connectivity index (χ1n) is 5.73. The fraction of sp³-hybridized carbons (Fsp3) is 0.357. The van der Waals surface area contributed by atoms with Gasteiger partial charge in [-0.25, -0.2) is 4.79 Å². The van der Waals surface area contributed by atoms with Gasteiger partial charge in [-0.15, -0.1) is 0 Å². The van der Waals surface area contributed by atoms with Crippen LogP contribution in [0.5, 0.6) is 0 Å². The van der Waals surface area contributed by atoms with Crippen molar-refractivity contribution in [3.05, 3.63) is 41.5 Å². The van der Waals surface area contributed by atoms with Crippen LogP contribution in [0.4, 0.5) is 0 Å². The third kappa shape index (κ3) is 5.59. The van der Waals surface area contributed by atoms with E-state index in [2.05, 4.69) is 26.0 Å². The van der Waals surface area contributed by atoms with E-state index in [1.165, 1.54) is 12.0 Å². The maximum atomic E-state index is 10.4. The molecule has 0 amide bonds. The number of carbonyl (C=O) groups is 1. The summed E-state index contributed by atoms with van der Waals surface area (Å²) in [4.78, 5) is 10.4. The van der Waals surface area contributed by atoms with Gasteiger partial charge in [-0.3, -0.25) is 0 Å². The highest BCUT2D eigenvalue weighted by molar-refractivity contribution is 7.99. The van der Waals surface area contributed by atoms with Crippen molar-refractivity contribution in [2.24, 2.45) is 0 Å². The van der Waals surface area contributed by atoms with Gasteiger partial charge in [-0.2, -0.15) is 11.8 Å². The van der Waals surface area contributed by atoms with Crippen LogP contribution < -0.4 is 0 Å². The van der Waals surface area contributed by atoms with Crippen molar-refractivity contribution in [1.82, 2.24) is 0 Å². The van der Waals surface area contributed by atoms with Gasteiger partial charge >= 0.3 is 5.97 Å². The Labute approximate surface area is 107 Å². The standard InChI is InChI=1S/C14H18O2S/c1-3-11(2)17-10-13-6-4-12(5-7-13)8-9-14(15)16/h4-9,11H,3,10H2,1-2H3,(H,15,16)/b9-8+. The van der Waals surface area contributed by atoms with Gasteiger partial charge in [0.05, 0.1) is 0 Å². The molecule has 0 spiro atoms. The minimum atomic E-state index is -0.915. The monoisotopic (exact) mass is 250 g/mol. The average molecular weight is 250 g/mol. The molecule has 1 aromatic rings. The van der Waals surface area contributed by atoms with E-state index < -0.39 is 5.97 Å². The van der Waals surface area contributed by atoms with E-state index in [1.807, 2.05) is 23.9 Å². The smallest absolute Gasteiger partial charge is 0.328 e. The Morgan fingerprint density at radius 3 is 2.59 bits per heavy atom. The van der Waals surface area contributed by atoms with Crippen LogP contribution in [0, 0.1) is 0 Å². The predicted molar refractivity (Wildman–Crippen MR) is 74.2 cm³/mol. The fourth-order valence-electron chi connectivity index (χ4n) is 1.25. The van der Waals surface area contributed by atoms with Crippen LogP contribution in [-0.2, 0) is 10.5 Å². The lowest BCUT2D eigenvalue weighted by Gasteiger charge is -2.07. The van der Waals surface area contributed by atoms with Crippen LogP contribution in [0.3, 0.4) is 0 Å². The van der Waals surface area contributed by atoms with Crippen molar-refractivity contribution in [2.75, 3.05) is 0 Å². The second kappa shape index (κ2) is 7.17. The Morgan fingerprint density at radius 2 is 2.06 bits per heavy atom. The molecule has 0 bridgehead atoms. The number of thioether (sulfide) groups is 1. The zero-order valence-corrected chi connectivity index (χ0v) is 11.0. The molecular formula is C14H18O2S. The summed E-state index contributed by atoms with van der Waals surface area (Å²) >= 11 is 1.94. The van der Waals surface area contributed by atoms with Crippen LogP contribution in [0.1, 0.15) is 31.4 Å². The molecule has 1 atom stereocenters. The number of carboxylic acids is 1. The highest BCUT2D eigenvalue weighted by Crippen LogP contribution is 2.20. The van der Waals surface area contributed by atoms with E-state index in [1.54, 1.807) is 6.08 Å². The van der Waals surface area contributed by atoms with E-state index in [0.29, 0.717) is 5.25 Å². The van der Waals surface area contributed by atoms with Gasteiger partial charge in [0.15, 0.2) is 0 Å². The molecule has 1 aromatic carbocycles. The minimum absolute atomic E-state index is 0.682. The van der Waals surface area contributed by atoms with Crippen LogP contribution in [0.2, 0.25) is 0 Å². The summed E-state index contributed by atoms with van der Waals surface area (Å²) in [5.41, 5.74) is 2.20. The molecule has 0 saturated carbocycles. The Balaban J connectivity index is 2.53. The van der Waals surface area contributed by atoms with E-state index in [-0.39, 0.29) is 0 Å². The normalized spacial score (nSPS) is 12.8. The van der Waals surface area contributed by atoms with Crippen molar-refractivity contribution in [1.29, 1.82) is 0 Å². The van der Waals surface area contributed by atoms with Gasteiger partial charge in [0, 0.05) is 17.1 Å². The Morgan fingerprint density at radius 1 is 1.41 bits per heavy atom. The Bertz CT molecular complexity index is 382. The minimum Gasteiger partial charge on any atom is -0.478 e. The van der Waals surface area contributed by atoms with Crippen molar-refractivity contribution in [3.8, 4) is 0 Å². The van der Waals surface area contributed by atoms with Crippen LogP contribution in [0.25, 0.3) is 6.08 Å². The molecule has 0 radical (unpaired) electrons. The third-order valence-corrected chi connectivity index (χ3v) is 3.91. The van der Waals surface area contributed by atoms with E-state index in [0.717, 1.165) is 17.4 Å². The van der Waals surface area contributed by atoms with E-state index >= 15 is 0 Å². The topological polar surface area (TPSA) is 37.3 Å². The molecule has 2 nitrogen and oxygen atoms in total. The third-order valence-electron chi connectivity index (χ3n) is 2.51. The van der Waals surface area contributed by atoms with Gasteiger partial charge in [0.25, 0.3) is 0 Å². The van der Waals surface area contributed by atoms with E-state index in [4.69, 9.17) is 5.11 Å². The van der Waals surface area contributed by atoms with Crippen LogP contribution in [0.15, 0.2) is 30.3 Å². The molecule has 92 valence electrons. The van der Waals surface area contributed by atoms with Crippen molar-refractivity contribution in [3.63, 3.8) is 0 Å². The molecule has 0 aromatic heterocycles. The first-order chi connectivity index (χ1) is 8.11. The lowest BCUT2D eigenvalue weighted by molar-refractivity contribution is -0.131. The van der Waals surface area contributed by atoms with Crippen LogP contribution in [-0.4, -0.2) is 16.3 Å². The maximum Gasteiger partial charge on any atom is 0.328 e. The summed E-state index contributed by atoms with van der Waals surface area (Å²) in [5, 5.41) is 9.19. The largest absolute Gasteiger partial charge is 0.478 e. The quantitative estimate of drug-likeness (QED) is 0.780. The molecular weight excluding hydrogens is 232 g/mol. The summed E-state index contributed by atoms with van der Waals surface area (Å²) in [6, 6.07) is 8.01. The molecule has 3 heteroatoms. The Hall–Kier alpha value is -1.22. The number of rotatable bonds is 6. The number of hydrogen-bond donors (Lipinski definition) is 1. The molecule has 1 unspecified atom stereocenters. The summed E-state index contributed by atoms with van der Waals surface area (Å²) in [6.07, 6.45) is 3.95. The second-order valence-corrected chi connectivity index (χ2v) is 5.37. The Kier molecular flexibility index (Phi) is 5.84. The molecule has 0 aliphatic rings. The molecule has 0 saturated heterocycles. The summed E-state index contributed by atoms with van der Waals surface area (Å²) in [7, 11) is 0. The fourth-order valence-corrected chi connectivity index (χ4v) is 2.15. The summed E-state index contributed by atoms with van der Waals surface area (Å²) in [6.45, 7) is 4.42. The van der Waals surface area contributed by atoms with Crippen LogP contribution >= 0.6 is 11.8 Å². The maximum absolute atomic E-state index is 10.4. The molecule has 17 heavy (non-hydrogen) atoms. The lowest BCUT2D eigenvalue weighted by atomic mass is 10.1. The molecule has 1 N–H and O–H groups in total. The lowest BCUT2D eigenvalue weighted by Crippen LogP contribution is -1.93. The molecule has 1 rings (SSSR count).